The normalized spacial score (nSPS) is 16.6. The van der Waals surface area contributed by atoms with E-state index in [1.165, 1.54) is 4.90 Å². The Bertz CT molecular complexity index is 1570. The SMILES string of the molecule is CC(C)CC(NS(=O)(=O)c1cccc(C(F)(F)F)c1)C(=O)NC1N=C(c2ccccc2)c2ccccc2N(C)C1=O. The predicted molar refractivity (Wildman–Crippen MR) is 149 cm³/mol. The molecular weight excluding hydrogens is 557 g/mol. The minimum atomic E-state index is -4.75. The number of amides is 2. The molecule has 4 rings (SSSR count). The lowest BCUT2D eigenvalue weighted by molar-refractivity contribution is -0.137. The first-order valence-electron chi connectivity index (χ1n) is 12.8. The molecule has 2 atom stereocenters. The second kappa shape index (κ2) is 11.8. The van der Waals surface area contributed by atoms with Gasteiger partial charge in [-0.3, -0.25) is 9.59 Å². The van der Waals surface area contributed by atoms with E-state index in [9.17, 15) is 31.2 Å². The van der Waals surface area contributed by atoms with Crippen molar-refractivity contribution in [1.82, 2.24) is 10.0 Å². The highest BCUT2D eigenvalue weighted by molar-refractivity contribution is 7.89. The third-order valence-electron chi connectivity index (χ3n) is 6.46. The molecule has 3 aromatic carbocycles. The molecule has 12 heteroatoms. The van der Waals surface area contributed by atoms with Gasteiger partial charge in [0.05, 0.1) is 21.9 Å². The van der Waals surface area contributed by atoms with Crippen LogP contribution in [0.4, 0.5) is 18.9 Å². The van der Waals surface area contributed by atoms with E-state index in [1.54, 1.807) is 45.2 Å². The summed E-state index contributed by atoms with van der Waals surface area (Å²) < 4.78 is 68.0. The molecule has 0 saturated carbocycles. The largest absolute Gasteiger partial charge is 0.416 e. The number of carbonyl (C=O) groups excluding carboxylic acids is 2. The molecule has 1 heterocycles. The van der Waals surface area contributed by atoms with E-state index in [2.05, 4.69) is 15.0 Å². The van der Waals surface area contributed by atoms with Crippen molar-refractivity contribution in [3.63, 3.8) is 0 Å². The Morgan fingerprint density at radius 2 is 1.66 bits per heavy atom. The molecule has 1 aliphatic rings. The smallest absolute Gasteiger partial charge is 0.325 e. The number of fused-ring (bicyclic) bond motifs is 1. The number of aliphatic imine (C=N–C) groups is 1. The number of benzodiazepines with no additional fused rings is 1. The van der Waals surface area contributed by atoms with Crippen molar-refractivity contribution in [2.45, 2.75) is 43.5 Å². The predicted octanol–water partition coefficient (Wildman–Crippen LogP) is 4.35. The van der Waals surface area contributed by atoms with Gasteiger partial charge in [-0.25, -0.2) is 13.4 Å². The highest BCUT2D eigenvalue weighted by atomic mass is 32.2. The third-order valence-corrected chi connectivity index (χ3v) is 7.93. The molecule has 216 valence electrons. The lowest BCUT2D eigenvalue weighted by Gasteiger charge is -2.24. The lowest BCUT2D eigenvalue weighted by Crippen LogP contribution is -2.53. The molecule has 0 saturated heterocycles. The van der Waals surface area contributed by atoms with Gasteiger partial charge in [0.15, 0.2) is 0 Å². The number of hydrogen-bond donors (Lipinski definition) is 2. The topological polar surface area (TPSA) is 108 Å². The van der Waals surface area contributed by atoms with Crippen LogP contribution in [0, 0.1) is 5.92 Å². The van der Waals surface area contributed by atoms with Crippen molar-refractivity contribution in [1.29, 1.82) is 0 Å². The Morgan fingerprint density at radius 1 is 1.00 bits per heavy atom. The van der Waals surface area contributed by atoms with E-state index in [0.29, 0.717) is 28.6 Å². The summed E-state index contributed by atoms with van der Waals surface area (Å²) in [6.45, 7) is 3.51. The third kappa shape index (κ3) is 6.83. The van der Waals surface area contributed by atoms with Crippen molar-refractivity contribution in [2.24, 2.45) is 10.9 Å². The number of hydrogen-bond acceptors (Lipinski definition) is 5. The summed E-state index contributed by atoms with van der Waals surface area (Å²) in [4.78, 5) is 32.3. The van der Waals surface area contributed by atoms with E-state index in [1.807, 2.05) is 30.3 Å². The molecular formula is C29H29F3N4O4S. The fourth-order valence-electron chi connectivity index (χ4n) is 4.45. The van der Waals surface area contributed by atoms with E-state index in [4.69, 9.17) is 0 Å². The van der Waals surface area contributed by atoms with E-state index in [0.717, 1.165) is 18.2 Å². The monoisotopic (exact) mass is 586 g/mol. The van der Waals surface area contributed by atoms with Gasteiger partial charge in [-0.2, -0.15) is 17.9 Å². The molecule has 2 amide bonds. The first kappa shape index (κ1) is 29.9. The van der Waals surface area contributed by atoms with Gasteiger partial charge < -0.3 is 10.2 Å². The van der Waals surface area contributed by atoms with E-state index in [-0.39, 0.29) is 12.3 Å². The Morgan fingerprint density at radius 3 is 2.32 bits per heavy atom. The number of nitrogens with one attached hydrogen (secondary N) is 2. The second-order valence-corrected chi connectivity index (χ2v) is 11.7. The number of benzene rings is 3. The van der Waals surface area contributed by atoms with Gasteiger partial charge in [0, 0.05) is 18.2 Å². The van der Waals surface area contributed by atoms with E-state index >= 15 is 0 Å². The number of anilines is 1. The van der Waals surface area contributed by atoms with Crippen LogP contribution in [-0.4, -0.2) is 45.2 Å². The van der Waals surface area contributed by atoms with Crippen LogP contribution in [0.2, 0.25) is 0 Å². The zero-order chi connectivity index (χ0) is 29.9. The molecule has 0 aliphatic carbocycles. The summed E-state index contributed by atoms with van der Waals surface area (Å²) in [5.74, 6) is -1.58. The Hall–Kier alpha value is -4.03. The quantitative estimate of drug-likeness (QED) is 0.409. The van der Waals surface area contributed by atoms with Crippen LogP contribution >= 0.6 is 0 Å². The van der Waals surface area contributed by atoms with Crippen LogP contribution in [0.15, 0.2) is 88.8 Å². The number of rotatable bonds is 8. The van der Waals surface area contributed by atoms with Gasteiger partial charge in [0.2, 0.25) is 22.1 Å². The Kier molecular flexibility index (Phi) is 8.64. The fraction of sp³-hybridized carbons (Fsp3) is 0.276. The molecule has 0 aromatic heterocycles. The highest BCUT2D eigenvalue weighted by Gasteiger charge is 2.35. The Balaban J connectivity index is 1.67. The maximum Gasteiger partial charge on any atom is 0.416 e. The van der Waals surface area contributed by atoms with Gasteiger partial charge in [0.25, 0.3) is 5.91 Å². The number of halogens is 3. The number of carbonyl (C=O) groups is 2. The summed E-state index contributed by atoms with van der Waals surface area (Å²) >= 11 is 0. The molecule has 8 nitrogen and oxygen atoms in total. The molecule has 1 aliphatic heterocycles. The van der Waals surface area contributed by atoms with Crippen molar-refractivity contribution < 1.29 is 31.2 Å². The number of likely N-dealkylation sites (N-methyl/N-ethyl adjacent to an activating group) is 1. The molecule has 0 fully saturated rings. The average molecular weight is 587 g/mol. The van der Waals surface area contributed by atoms with Gasteiger partial charge in [-0.05, 0) is 36.6 Å². The molecule has 0 radical (unpaired) electrons. The van der Waals surface area contributed by atoms with E-state index < -0.39 is 50.7 Å². The summed E-state index contributed by atoms with van der Waals surface area (Å²) in [5, 5.41) is 2.56. The molecule has 41 heavy (non-hydrogen) atoms. The van der Waals surface area contributed by atoms with Crippen LogP contribution in [0.25, 0.3) is 0 Å². The zero-order valence-corrected chi connectivity index (χ0v) is 23.3. The highest BCUT2D eigenvalue weighted by Crippen LogP contribution is 2.31. The van der Waals surface area contributed by atoms with Gasteiger partial charge in [0.1, 0.15) is 6.04 Å². The summed E-state index contributed by atoms with van der Waals surface area (Å²) in [5.41, 5.74) is 1.25. The standard InChI is InChI=1S/C29H29F3N4O4S/c1-18(2)16-23(35-41(39,40)21-13-9-12-20(17-21)29(30,31)32)27(37)34-26-28(38)36(3)24-15-8-7-14-22(24)25(33-26)19-10-5-4-6-11-19/h4-15,17-18,23,26,35H,16H2,1-3H3,(H,34,37). The number of alkyl halides is 3. The lowest BCUT2D eigenvalue weighted by atomic mass is 10.0. The van der Waals surface area contributed by atoms with Crippen molar-refractivity contribution >= 4 is 33.2 Å². The maximum absolute atomic E-state index is 13.5. The van der Waals surface area contributed by atoms with Crippen LogP contribution in [0.5, 0.6) is 0 Å². The number of para-hydroxylation sites is 1. The first-order valence-corrected chi connectivity index (χ1v) is 14.3. The summed E-state index contributed by atoms with van der Waals surface area (Å²) in [6, 6.07) is 18.1. The molecule has 2 N–H and O–H groups in total. The second-order valence-electron chi connectivity index (χ2n) is 10.00. The van der Waals surface area contributed by atoms with Crippen molar-refractivity contribution in [3.8, 4) is 0 Å². The summed E-state index contributed by atoms with van der Waals surface area (Å²) in [6.07, 6.45) is -6.14. The van der Waals surface area contributed by atoms with Crippen LogP contribution < -0.4 is 14.9 Å². The van der Waals surface area contributed by atoms with Crippen LogP contribution in [0.3, 0.4) is 0 Å². The zero-order valence-electron chi connectivity index (χ0n) is 22.5. The summed E-state index contributed by atoms with van der Waals surface area (Å²) in [7, 11) is -3.00. The molecule has 0 spiro atoms. The number of sulfonamides is 1. The molecule has 2 unspecified atom stereocenters. The van der Waals surface area contributed by atoms with Crippen LogP contribution in [0.1, 0.15) is 37.0 Å². The van der Waals surface area contributed by atoms with Gasteiger partial charge in [-0.1, -0.05) is 68.4 Å². The minimum absolute atomic E-state index is 0.0102. The van der Waals surface area contributed by atoms with Gasteiger partial charge in [-0.15, -0.1) is 0 Å². The Labute approximate surface area is 236 Å². The maximum atomic E-state index is 13.5. The van der Waals surface area contributed by atoms with Crippen molar-refractivity contribution in [3.05, 3.63) is 95.6 Å². The minimum Gasteiger partial charge on any atom is -0.325 e. The first-order chi connectivity index (χ1) is 19.3. The molecule has 3 aromatic rings. The van der Waals surface area contributed by atoms with Crippen molar-refractivity contribution in [2.75, 3.05) is 11.9 Å². The number of nitrogens with zero attached hydrogens (tertiary/aromatic N) is 2. The fourth-order valence-corrected chi connectivity index (χ4v) is 5.71. The molecule has 0 bridgehead atoms. The van der Waals surface area contributed by atoms with Gasteiger partial charge >= 0.3 is 6.18 Å². The average Bonchev–Trinajstić information content (AvgIpc) is 3.03. The van der Waals surface area contributed by atoms with Crippen LogP contribution in [-0.2, 0) is 25.8 Å².